The number of amides is 1. The molecule has 0 spiro atoms. The van der Waals surface area contributed by atoms with Gasteiger partial charge in [-0.25, -0.2) is 4.68 Å². The summed E-state index contributed by atoms with van der Waals surface area (Å²) in [5.74, 6) is 0.610. The van der Waals surface area contributed by atoms with Crippen LogP contribution in [0, 0.1) is 0 Å². The molecule has 0 aliphatic carbocycles. The number of carbonyl (C=O) groups is 1. The number of aromatic nitrogens is 2. The Morgan fingerprint density at radius 1 is 1.25 bits per heavy atom. The van der Waals surface area contributed by atoms with Gasteiger partial charge in [-0.05, 0) is 63.3 Å². The van der Waals surface area contributed by atoms with Crippen molar-refractivity contribution in [2.75, 3.05) is 27.2 Å². The SMILES string of the molecule is CN(C)C1CCCN(C(=O)c2cc(-c3ccco3)n(-c3ccc(Cl)cc3)n2)C1. The lowest BCUT2D eigenvalue weighted by molar-refractivity contribution is 0.0629. The van der Waals surface area contributed by atoms with Gasteiger partial charge >= 0.3 is 0 Å². The lowest BCUT2D eigenvalue weighted by atomic mass is 10.0. The third-order valence-corrected chi connectivity index (χ3v) is 5.44. The summed E-state index contributed by atoms with van der Waals surface area (Å²) < 4.78 is 7.31. The molecule has 4 rings (SSSR count). The van der Waals surface area contributed by atoms with Crippen LogP contribution in [0.2, 0.25) is 5.02 Å². The van der Waals surface area contributed by atoms with E-state index >= 15 is 0 Å². The van der Waals surface area contributed by atoms with Gasteiger partial charge < -0.3 is 14.2 Å². The molecule has 146 valence electrons. The van der Waals surface area contributed by atoms with Crippen LogP contribution in [0.3, 0.4) is 0 Å². The molecule has 6 nitrogen and oxygen atoms in total. The first kappa shape index (κ1) is 18.8. The molecule has 2 aromatic heterocycles. The molecule has 28 heavy (non-hydrogen) atoms. The van der Waals surface area contributed by atoms with E-state index in [0.29, 0.717) is 22.5 Å². The number of nitrogens with zero attached hydrogens (tertiary/aromatic N) is 4. The number of benzene rings is 1. The predicted molar refractivity (Wildman–Crippen MR) is 109 cm³/mol. The summed E-state index contributed by atoms with van der Waals surface area (Å²) in [6, 6.07) is 13.2. The second-order valence-electron chi connectivity index (χ2n) is 7.29. The Balaban J connectivity index is 1.69. The molecule has 1 aliphatic rings. The van der Waals surface area contributed by atoms with E-state index in [9.17, 15) is 4.79 Å². The van der Waals surface area contributed by atoms with Gasteiger partial charge in [0.2, 0.25) is 0 Å². The van der Waals surface area contributed by atoms with Gasteiger partial charge in [-0.2, -0.15) is 5.10 Å². The number of furan rings is 1. The maximum Gasteiger partial charge on any atom is 0.274 e. The van der Waals surface area contributed by atoms with Crippen molar-refractivity contribution in [1.82, 2.24) is 19.6 Å². The Bertz CT molecular complexity index is 947. The fraction of sp³-hybridized carbons (Fsp3) is 0.333. The van der Waals surface area contributed by atoms with Gasteiger partial charge in [-0.3, -0.25) is 4.79 Å². The van der Waals surface area contributed by atoms with Crippen molar-refractivity contribution in [1.29, 1.82) is 0 Å². The molecule has 7 heteroatoms. The molecule has 1 fully saturated rings. The van der Waals surface area contributed by atoms with Crippen LogP contribution in [-0.2, 0) is 0 Å². The molecule has 3 heterocycles. The van der Waals surface area contributed by atoms with E-state index < -0.39 is 0 Å². The van der Waals surface area contributed by atoms with Crippen LogP contribution in [0.5, 0.6) is 0 Å². The quantitative estimate of drug-likeness (QED) is 0.667. The zero-order valence-corrected chi connectivity index (χ0v) is 16.8. The molecule has 1 unspecified atom stereocenters. The van der Waals surface area contributed by atoms with Crippen molar-refractivity contribution in [2.24, 2.45) is 0 Å². The Kier molecular flexibility index (Phi) is 5.24. The molecule has 0 saturated carbocycles. The standard InChI is InChI=1S/C21H23ClN4O2/c1-24(2)17-5-3-11-25(14-17)21(27)18-13-19(20-6-4-12-28-20)26(23-18)16-9-7-15(22)8-10-16/h4,6-10,12-13,17H,3,5,11,14H2,1-2H3. The van der Waals surface area contributed by atoms with Crippen LogP contribution < -0.4 is 0 Å². The first-order chi connectivity index (χ1) is 13.5. The van der Waals surface area contributed by atoms with Crippen LogP contribution in [-0.4, -0.2) is 58.7 Å². The molecule has 3 aromatic rings. The van der Waals surface area contributed by atoms with Crippen molar-refractivity contribution < 1.29 is 9.21 Å². The summed E-state index contributed by atoms with van der Waals surface area (Å²) in [6.07, 6.45) is 3.72. The Morgan fingerprint density at radius 2 is 2.04 bits per heavy atom. The summed E-state index contributed by atoms with van der Waals surface area (Å²) >= 11 is 6.02. The van der Waals surface area contributed by atoms with E-state index in [-0.39, 0.29) is 5.91 Å². The molecule has 1 saturated heterocycles. The van der Waals surface area contributed by atoms with Crippen LogP contribution in [0.4, 0.5) is 0 Å². The molecule has 1 aliphatic heterocycles. The molecule has 0 N–H and O–H groups in total. The molecule has 1 atom stereocenters. The fourth-order valence-corrected chi connectivity index (χ4v) is 3.71. The third kappa shape index (κ3) is 3.70. The number of hydrogen-bond donors (Lipinski definition) is 0. The molecule has 1 aromatic carbocycles. The normalized spacial score (nSPS) is 17.3. The van der Waals surface area contributed by atoms with Crippen LogP contribution >= 0.6 is 11.6 Å². The molecule has 0 radical (unpaired) electrons. The van der Waals surface area contributed by atoms with E-state index in [1.807, 2.05) is 29.2 Å². The zero-order valence-electron chi connectivity index (χ0n) is 16.0. The first-order valence-corrected chi connectivity index (χ1v) is 9.76. The minimum atomic E-state index is -0.0490. The van der Waals surface area contributed by atoms with Crippen LogP contribution in [0.15, 0.2) is 53.1 Å². The largest absolute Gasteiger partial charge is 0.463 e. The van der Waals surface area contributed by atoms with Crippen molar-refractivity contribution in [3.63, 3.8) is 0 Å². The number of piperidine rings is 1. The number of rotatable bonds is 4. The topological polar surface area (TPSA) is 54.5 Å². The summed E-state index contributed by atoms with van der Waals surface area (Å²) in [5.41, 5.74) is 1.97. The second kappa shape index (κ2) is 7.81. The highest BCUT2D eigenvalue weighted by Gasteiger charge is 2.28. The first-order valence-electron chi connectivity index (χ1n) is 9.38. The monoisotopic (exact) mass is 398 g/mol. The number of likely N-dealkylation sites (tertiary alicyclic amines) is 1. The lowest BCUT2D eigenvalue weighted by Crippen LogP contribution is -2.47. The smallest absolute Gasteiger partial charge is 0.274 e. The summed E-state index contributed by atoms with van der Waals surface area (Å²) in [7, 11) is 4.12. The van der Waals surface area contributed by atoms with Gasteiger partial charge in [0.05, 0.1) is 12.0 Å². The van der Waals surface area contributed by atoms with Crippen molar-refractivity contribution in [2.45, 2.75) is 18.9 Å². The number of carbonyl (C=O) groups excluding carboxylic acids is 1. The Labute approximate surface area is 169 Å². The fourth-order valence-electron chi connectivity index (χ4n) is 3.59. The van der Waals surface area contributed by atoms with Crippen molar-refractivity contribution in [3.05, 3.63) is 59.4 Å². The van der Waals surface area contributed by atoms with E-state index in [2.05, 4.69) is 24.1 Å². The van der Waals surface area contributed by atoms with E-state index in [1.165, 1.54) is 0 Å². The number of hydrogen-bond acceptors (Lipinski definition) is 4. The molecule has 1 amide bonds. The van der Waals surface area contributed by atoms with Gasteiger partial charge in [-0.15, -0.1) is 0 Å². The average Bonchev–Trinajstić information content (AvgIpc) is 3.38. The van der Waals surface area contributed by atoms with Gasteiger partial charge in [0.1, 0.15) is 5.69 Å². The lowest BCUT2D eigenvalue weighted by Gasteiger charge is -2.35. The summed E-state index contributed by atoms with van der Waals surface area (Å²) in [5, 5.41) is 5.27. The van der Waals surface area contributed by atoms with Crippen LogP contribution in [0.25, 0.3) is 17.1 Å². The Morgan fingerprint density at radius 3 is 2.71 bits per heavy atom. The van der Waals surface area contributed by atoms with E-state index in [4.69, 9.17) is 16.0 Å². The Hall–Kier alpha value is -2.57. The second-order valence-corrected chi connectivity index (χ2v) is 7.73. The van der Waals surface area contributed by atoms with Crippen molar-refractivity contribution in [3.8, 4) is 17.1 Å². The summed E-state index contributed by atoms with van der Waals surface area (Å²) in [4.78, 5) is 17.2. The molecular weight excluding hydrogens is 376 g/mol. The van der Waals surface area contributed by atoms with Gasteiger partial charge in [0, 0.05) is 30.2 Å². The average molecular weight is 399 g/mol. The van der Waals surface area contributed by atoms with Crippen LogP contribution in [0.1, 0.15) is 23.3 Å². The molecule has 0 bridgehead atoms. The highest BCUT2D eigenvalue weighted by atomic mass is 35.5. The number of halogens is 1. The van der Waals surface area contributed by atoms with E-state index in [1.54, 1.807) is 29.1 Å². The highest BCUT2D eigenvalue weighted by molar-refractivity contribution is 6.30. The van der Waals surface area contributed by atoms with Gasteiger partial charge in [0.25, 0.3) is 5.91 Å². The summed E-state index contributed by atoms with van der Waals surface area (Å²) in [6.45, 7) is 1.47. The minimum absolute atomic E-state index is 0.0490. The van der Waals surface area contributed by atoms with Gasteiger partial charge in [-0.1, -0.05) is 11.6 Å². The maximum atomic E-state index is 13.2. The molecular formula is C21H23ClN4O2. The maximum absolute atomic E-state index is 13.2. The van der Waals surface area contributed by atoms with E-state index in [0.717, 1.165) is 37.3 Å². The minimum Gasteiger partial charge on any atom is -0.463 e. The van der Waals surface area contributed by atoms with Crippen molar-refractivity contribution >= 4 is 17.5 Å². The third-order valence-electron chi connectivity index (χ3n) is 5.19. The van der Waals surface area contributed by atoms with Gasteiger partial charge in [0.15, 0.2) is 11.5 Å². The number of likely N-dealkylation sites (N-methyl/N-ethyl adjacent to an activating group) is 1. The zero-order chi connectivity index (χ0) is 19.7. The predicted octanol–water partition coefficient (Wildman–Crippen LogP) is 3.95. The highest BCUT2D eigenvalue weighted by Crippen LogP contribution is 2.26.